The summed E-state index contributed by atoms with van der Waals surface area (Å²) in [6, 6.07) is 0. The normalized spacial score (nSPS) is 20.9. The summed E-state index contributed by atoms with van der Waals surface area (Å²) < 4.78 is 5.08. The molecule has 0 bridgehead atoms. The SMILES string of the molecule is Cc1cnc(SCC2CO2)nc1. The first-order valence-corrected chi connectivity index (χ1v) is 4.86. The van der Waals surface area contributed by atoms with Crippen LogP contribution in [0.5, 0.6) is 0 Å². The lowest BCUT2D eigenvalue weighted by Gasteiger charge is -1.96. The molecular weight excluding hydrogens is 172 g/mol. The highest BCUT2D eigenvalue weighted by molar-refractivity contribution is 7.99. The Bertz CT molecular complexity index is 258. The molecule has 0 spiro atoms. The van der Waals surface area contributed by atoms with E-state index in [2.05, 4.69) is 9.97 Å². The summed E-state index contributed by atoms with van der Waals surface area (Å²) in [5.41, 5.74) is 1.10. The number of nitrogens with zero attached hydrogens (tertiary/aromatic N) is 2. The Morgan fingerprint density at radius 1 is 1.58 bits per heavy atom. The molecular formula is C8H10N2OS. The lowest BCUT2D eigenvalue weighted by Crippen LogP contribution is -1.92. The molecule has 0 aromatic carbocycles. The molecule has 1 aromatic heterocycles. The van der Waals surface area contributed by atoms with Crippen LogP contribution in [0.15, 0.2) is 17.6 Å². The zero-order valence-corrected chi connectivity index (χ0v) is 7.67. The first-order chi connectivity index (χ1) is 5.84. The number of hydrogen-bond donors (Lipinski definition) is 0. The molecule has 0 radical (unpaired) electrons. The van der Waals surface area contributed by atoms with E-state index >= 15 is 0 Å². The van der Waals surface area contributed by atoms with Gasteiger partial charge in [-0.3, -0.25) is 0 Å². The molecule has 3 nitrogen and oxygen atoms in total. The van der Waals surface area contributed by atoms with Gasteiger partial charge in [-0.2, -0.15) is 0 Å². The van der Waals surface area contributed by atoms with Crippen LogP contribution in [0.1, 0.15) is 5.56 Å². The molecule has 1 fully saturated rings. The minimum atomic E-state index is 0.444. The minimum absolute atomic E-state index is 0.444. The summed E-state index contributed by atoms with van der Waals surface area (Å²) >= 11 is 1.65. The highest BCUT2D eigenvalue weighted by Crippen LogP contribution is 2.20. The average Bonchev–Trinajstić information content (AvgIpc) is 2.87. The van der Waals surface area contributed by atoms with Gasteiger partial charge < -0.3 is 4.74 Å². The van der Waals surface area contributed by atoms with Gasteiger partial charge in [0, 0.05) is 18.1 Å². The minimum Gasteiger partial charge on any atom is -0.372 e. The zero-order valence-electron chi connectivity index (χ0n) is 6.86. The van der Waals surface area contributed by atoms with Crippen molar-refractivity contribution in [3.63, 3.8) is 0 Å². The van der Waals surface area contributed by atoms with Crippen LogP contribution in [-0.4, -0.2) is 28.4 Å². The number of hydrogen-bond acceptors (Lipinski definition) is 4. The van der Waals surface area contributed by atoms with Crippen molar-refractivity contribution in [1.29, 1.82) is 0 Å². The van der Waals surface area contributed by atoms with E-state index in [4.69, 9.17) is 4.74 Å². The van der Waals surface area contributed by atoms with Crippen molar-refractivity contribution in [2.75, 3.05) is 12.4 Å². The monoisotopic (exact) mass is 182 g/mol. The molecule has 2 heterocycles. The second-order valence-electron chi connectivity index (χ2n) is 2.81. The third-order valence-corrected chi connectivity index (χ3v) is 2.57. The second-order valence-corrected chi connectivity index (χ2v) is 3.80. The van der Waals surface area contributed by atoms with Crippen molar-refractivity contribution in [2.24, 2.45) is 0 Å². The fourth-order valence-electron chi connectivity index (χ4n) is 0.787. The van der Waals surface area contributed by atoms with Crippen molar-refractivity contribution in [3.8, 4) is 0 Å². The van der Waals surface area contributed by atoms with Gasteiger partial charge in [0.15, 0.2) is 5.16 Å². The summed E-state index contributed by atoms with van der Waals surface area (Å²) in [5.74, 6) is 0.975. The molecule has 1 saturated heterocycles. The summed E-state index contributed by atoms with van der Waals surface area (Å²) in [6.07, 6.45) is 4.12. The van der Waals surface area contributed by atoms with Crippen LogP contribution < -0.4 is 0 Å². The maximum atomic E-state index is 5.08. The third-order valence-electron chi connectivity index (χ3n) is 1.56. The van der Waals surface area contributed by atoms with Crippen molar-refractivity contribution in [3.05, 3.63) is 18.0 Å². The molecule has 2 rings (SSSR count). The topological polar surface area (TPSA) is 38.3 Å². The molecule has 0 aliphatic carbocycles. The van der Waals surface area contributed by atoms with Gasteiger partial charge in [0.2, 0.25) is 0 Å². The van der Waals surface area contributed by atoms with Gasteiger partial charge in [0.25, 0.3) is 0 Å². The summed E-state index contributed by atoms with van der Waals surface area (Å²) in [6.45, 7) is 2.89. The third kappa shape index (κ3) is 2.19. The first kappa shape index (κ1) is 8.01. The van der Waals surface area contributed by atoms with Gasteiger partial charge in [0.05, 0.1) is 12.7 Å². The Labute approximate surface area is 75.6 Å². The smallest absolute Gasteiger partial charge is 0.187 e. The number of thioether (sulfide) groups is 1. The van der Waals surface area contributed by atoms with E-state index in [0.29, 0.717) is 6.10 Å². The van der Waals surface area contributed by atoms with Gasteiger partial charge in [-0.1, -0.05) is 11.8 Å². The first-order valence-electron chi connectivity index (χ1n) is 3.87. The maximum absolute atomic E-state index is 5.08. The van der Waals surface area contributed by atoms with E-state index in [-0.39, 0.29) is 0 Å². The number of aromatic nitrogens is 2. The van der Waals surface area contributed by atoms with Crippen molar-refractivity contribution < 1.29 is 4.74 Å². The highest BCUT2D eigenvalue weighted by Gasteiger charge is 2.22. The summed E-state index contributed by atoms with van der Waals surface area (Å²) in [4.78, 5) is 8.35. The molecule has 1 aliphatic rings. The molecule has 64 valence electrons. The molecule has 0 amide bonds. The van der Waals surface area contributed by atoms with Crippen LogP contribution in [0.3, 0.4) is 0 Å². The van der Waals surface area contributed by atoms with Crippen LogP contribution in [0.25, 0.3) is 0 Å². The van der Waals surface area contributed by atoms with Gasteiger partial charge in [-0.05, 0) is 12.5 Å². The largest absolute Gasteiger partial charge is 0.372 e. The maximum Gasteiger partial charge on any atom is 0.187 e. The molecule has 1 atom stereocenters. The predicted molar refractivity (Wildman–Crippen MR) is 47.2 cm³/mol. The molecule has 4 heteroatoms. The lowest BCUT2D eigenvalue weighted by atomic mass is 10.4. The number of rotatable bonds is 3. The molecule has 0 N–H and O–H groups in total. The lowest BCUT2D eigenvalue weighted by molar-refractivity contribution is 0.426. The Morgan fingerprint density at radius 3 is 2.83 bits per heavy atom. The van der Waals surface area contributed by atoms with E-state index in [0.717, 1.165) is 23.1 Å². The quantitative estimate of drug-likeness (QED) is 0.401. The van der Waals surface area contributed by atoms with Gasteiger partial charge in [-0.15, -0.1) is 0 Å². The predicted octanol–water partition coefficient (Wildman–Crippen LogP) is 1.28. The van der Waals surface area contributed by atoms with Crippen molar-refractivity contribution in [1.82, 2.24) is 9.97 Å². The highest BCUT2D eigenvalue weighted by atomic mass is 32.2. The van der Waals surface area contributed by atoms with E-state index < -0.39 is 0 Å². The van der Waals surface area contributed by atoms with Crippen LogP contribution >= 0.6 is 11.8 Å². The Balaban J connectivity index is 1.89. The van der Waals surface area contributed by atoms with Crippen LogP contribution in [0.2, 0.25) is 0 Å². The van der Waals surface area contributed by atoms with E-state index in [9.17, 15) is 0 Å². The second kappa shape index (κ2) is 3.41. The Kier molecular flexibility index (Phi) is 2.28. The van der Waals surface area contributed by atoms with Crippen LogP contribution in [0, 0.1) is 6.92 Å². The van der Waals surface area contributed by atoms with Gasteiger partial charge >= 0.3 is 0 Å². The number of aryl methyl sites for hydroxylation is 1. The van der Waals surface area contributed by atoms with Crippen molar-refractivity contribution >= 4 is 11.8 Å². The molecule has 1 unspecified atom stereocenters. The fraction of sp³-hybridized carbons (Fsp3) is 0.500. The van der Waals surface area contributed by atoms with E-state index in [1.165, 1.54) is 0 Å². The van der Waals surface area contributed by atoms with Gasteiger partial charge in [0.1, 0.15) is 0 Å². The molecule has 0 saturated carbocycles. The number of ether oxygens (including phenoxy) is 1. The van der Waals surface area contributed by atoms with Crippen LogP contribution in [0.4, 0.5) is 0 Å². The Hall–Kier alpha value is -0.610. The summed E-state index contributed by atoms with van der Waals surface area (Å²) in [7, 11) is 0. The molecule has 1 aliphatic heterocycles. The Morgan fingerprint density at radius 2 is 2.25 bits per heavy atom. The van der Waals surface area contributed by atoms with E-state index in [1.54, 1.807) is 11.8 Å². The summed E-state index contributed by atoms with van der Waals surface area (Å²) in [5, 5.41) is 0.844. The molecule has 1 aromatic rings. The zero-order chi connectivity index (χ0) is 8.39. The van der Waals surface area contributed by atoms with Crippen LogP contribution in [-0.2, 0) is 4.74 Å². The fourth-order valence-corrected chi connectivity index (χ4v) is 1.57. The van der Waals surface area contributed by atoms with E-state index in [1.807, 2.05) is 19.3 Å². The van der Waals surface area contributed by atoms with Crippen molar-refractivity contribution in [2.45, 2.75) is 18.2 Å². The standard InChI is InChI=1S/C8H10N2OS/c1-6-2-9-8(10-3-6)12-5-7-4-11-7/h2-3,7H,4-5H2,1H3. The number of epoxide rings is 1. The molecule has 12 heavy (non-hydrogen) atoms. The van der Waals surface area contributed by atoms with Gasteiger partial charge in [-0.25, -0.2) is 9.97 Å². The average molecular weight is 182 g/mol.